The van der Waals surface area contributed by atoms with Gasteiger partial charge in [0.25, 0.3) is 17.3 Å². The van der Waals surface area contributed by atoms with E-state index in [2.05, 4.69) is 5.32 Å². The quantitative estimate of drug-likeness (QED) is 0.678. The minimum absolute atomic E-state index is 0.143. The third-order valence-corrected chi connectivity index (χ3v) is 3.50. The molecule has 0 unspecified atom stereocenters. The number of aryl methyl sites for hydroxylation is 3. The minimum atomic E-state index is -0.772. The highest BCUT2D eigenvalue weighted by Gasteiger charge is 2.20. The maximum Gasteiger partial charge on any atom is 0.277 e. The summed E-state index contributed by atoms with van der Waals surface area (Å²) in [5.74, 6) is -0.642. The number of amides is 1. The fraction of sp³-hybridized carbons (Fsp3) is 0.188. The van der Waals surface area contributed by atoms with Crippen molar-refractivity contribution in [3.63, 3.8) is 0 Å². The molecule has 24 heavy (non-hydrogen) atoms. The van der Waals surface area contributed by atoms with E-state index < -0.39 is 27.1 Å². The third-order valence-electron chi connectivity index (χ3n) is 3.50. The zero-order valence-corrected chi connectivity index (χ0v) is 13.3. The van der Waals surface area contributed by atoms with Crippen molar-refractivity contribution < 1.29 is 14.6 Å². The number of non-ortho nitro benzene ring substituents is 2. The van der Waals surface area contributed by atoms with Gasteiger partial charge in [0.05, 0.1) is 21.5 Å². The van der Waals surface area contributed by atoms with Gasteiger partial charge in [-0.15, -0.1) is 0 Å². The molecule has 0 atom stereocenters. The SMILES string of the molecule is Cc1cc(C)c(NC(=O)c2cc([N+](=O)[O-])cc([N+](=O)[O-])c2)c(C)c1. The molecule has 0 aliphatic carbocycles. The topological polar surface area (TPSA) is 115 Å². The first-order chi connectivity index (χ1) is 11.2. The number of nitrogens with one attached hydrogen (secondary N) is 1. The maximum atomic E-state index is 12.4. The lowest BCUT2D eigenvalue weighted by Crippen LogP contribution is -2.14. The Labute approximate surface area is 137 Å². The van der Waals surface area contributed by atoms with Gasteiger partial charge in [0.2, 0.25) is 0 Å². The largest absolute Gasteiger partial charge is 0.321 e. The first kappa shape index (κ1) is 17.1. The Morgan fingerprint density at radius 3 is 1.75 bits per heavy atom. The second-order valence-corrected chi connectivity index (χ2v) is 5.48. The number of anilines is 1. The molecule has 0 bridgehead atoms. The van der Waals surface area contributed by atoms with Crippen molar-refractivity contribution in [1.82, 2.24) is 0 Å². The molecule has 1 N–H and O–H groups in total. The van der Waals surface area contributed by atoms with Crippen LogP contribution in [0.2, 0.25) is 0 Å². The lowest BCUT2D eigenvalue weighted by molar-refractivity contribution is -0.394. The summed E-state index contributed by atoms with van der Waals surface area (Å²) in [4.78, 5) is 32.7. The fourth-order valence-corrected chi connectivity index (χ4v) is 2.50. The first-order valence-corrected chi connectivity index (χ1v) is 7.02. The normalized spacial score (nSPS) is 10.3. The molecule has 1 amide bonds. The standard InChI is InChI=1S/C16H15N3O5/c1-9-4-10(2)15(11(3)5-9)17-16(20)12-6-13(18(21)22)8-14(7-12)19(23)24/h4-8H,1-3H3,(H,17,20). The van der Waals surface area contributed by atoms with Crippen LogP contribution in [-0.4, -0.2) is 15.8 Å². The average Bonchev–Trinajstić information content (AvgIpc) is 2.49. The Balaban J connectivity index is 2.43. The van der Waals surface area contributed by atoms with Crippen molar-refractivity contribution in [2.75, 3.05) is 5.32 Å². The van der Waals surface area contributed by atoms with Gasteiger partial charge >= 0.3 is 0 Å². The molecule has 0 heterocycles. The molecule has 2 rings (SSSR count). The molecule has 0 aliphatic heterocycles. The van der Waals surface area contributed by atoms with Gasteiger partial charge in [0.1, 0.15) is 0 Å². The minimum Gasteiger partial charge on any atom is -0.321 e. The van der Waals surface area contributed by atoms with Crippen LogP contribution in [0.4, 0.5) is 17.1 Å². The van der Waals surface area contributed by atoms with E-state index >= 15 is 0 Å². The Hall–Kier alpha value is -3.29. The van der Waals surface area contributed by atoms with Crippen molar-refractivity contribution in [3.05, 3.63) is 72.8 Å². The van der Waals surface area contributed by atoms with Gasteiger partial charge in [-0.25, -0.2) is 0 Å². The predicted octanol–water partition coefficient (Wildman–Crippen LogP) is 3.68. The molecule has 0 saturated carbocycles. The van der Waals surface area contributed by atoms with Crippen LogP contribution in [0.1, 0.15) is 27.0 Å². The number of nitro benzene ring substituents is 2. The number of hydrogen-bond donors (Lipinski definition) is 1. The van der Waals surface area contributed by atoms with Crippen LogP contribution < -0.4 is 5.32 Å². The van der Waals surface area contributed by atoms with Gasteiger partial charge in [0, 0.05) is 17.8 Å². The summed E-state index contributed by atoms with van der Waals surface area (Å²) in [5, 5.41) is 24.5. The van der Waals surface area contributed by atoms with Crippen molar-refractivity contribution in [1.29, 1.82) is 0 Å². The van der Waals surface area contributed by atoms with Crippen LogP contribution in [0.3, 0.4) is 0 Å². The number of nitrogens with zero attached hydrogens (tertiary/aromatic N) is 2. The molecule has 0 aromatic heterocycles. The van der Waals surface area contributed by atoms with E-state index in [1.54, 1.807) is 0 Å². The van der Waals surface area contributed by atoms with E-state index in [1.807, 2.05) is 32.9 Å². The van der Waals surface area contributed by atoms with Gasteiger partial charge in [-0.1, -0.05) is 17.7 Å². The number of benzene rings is 2. The van der Waals surface area contributed by atoms with E-state index in [9.17, 15) is 25.0 Å². The number of hydrogen-bond acceptors (Lipinski definition) is 5. The molecule has 0 saturated heterocycles. The lowest BCUT2D eigenvalue weighted by atomic mass is 10.0. The molecule has 0 spiro atoms. The van der Waals surface area contributed by atoms with E-state index in [0.717, 1.165) is 34.9 Å². The van der Waals surface area contributed by atoms with Crippen LogP contribution in [0.5, 0.6) is 0 Å². The summed E-state index contributed by atoms with van der Waals surface area (Å²) in [5.41, 5.74) is 2.13. The van der Waals surface area contributed by atoms with Gasteiger partial charge in [-0.2, -0.15) is 0 Å². The van der Waals surface area contributed by atoms with Crippen molar-refractivity contribution >= 4 is 23.0 Å². The molecule has 0 aliphatic rings. The van der Waals surface area contributed by atoms with Crippen LogP contribution in [0.15, 0.2) is 30.3 Å². The summed E-state index contributed by atoms with van der Waals surface area (Å²) in [6, 6.07) is 6.62. The lowest BCUT2D eigenvalue weighted by Gasteiger charge is -2.12. The van der Waals surface area contributed by atoms with Gasteiger partial charge in [-0.3, -0.25) is 25.0 Å². The summed E-state index contributed by atoms with van der Waals surface area (Å²) in [6.07, 6.45) is 0. The third kappa shape index (κ3) is 3.54. The number of rotatable bonds is 4. The van der Waals surface area contributed by atoms with E-state index in [-0.39, 0.29) is 5.56 Å². The zero-order valence-electron chi connectivity index (χ0n) is 13.3. The van der Waals surface area contributed by atoms with Crippen LogP contribution in [-0.2, 0) is 0 Å². The highest BCUT2D eigenvalue weighted by atomic mass is 16.6. The molecule has 2 aromatic rings. The Morgan fingerprint density at radius 1 is 0.875 bits per heavy atom. The summed E-state index contributed by atoms with van der Waals surface area (Å²) in [7, 11) is 0. The van der Waals surface area contributed by atoms with Gasteiger partial charge in [0.15, 0.2) is 0 Å². The van der Waals surface area contributed by atoms with E-state index in [4.69, 9.17) is 0 Å². The Kier molecular flexibility index (Phi) is 4.59. The first-order valence-electron chi connectivity index (χ1n) is 7.02. The van der Waals surface area contributed by atoms with Crippen LogP contribution in [0.25, 0.3) is 0 Å². The maximum absolute atomic E-state index is 12.4. The monoisotopic (exact) mass is 329 g/mol. The van der Waals surface area contributed by atoms with Crippen molar-refractivity contribution in [2.45, 2.75) is 20.8 Å². The highest BCUT2D eigenvalue weighted by Crippen LogP contribution is 2.26. The molecule has 2 aromatic carbocycles. The molecule has 8 nitrogen and oxygen atoms in total. The summed E-state index contributed by atoms with van der Waals surface area (Å²) < 4.78 is 0. The van der Waals surface area contributed by atoms with E-state index in [1.165, 1.54) is 0 Å². The van der Waals surface area contributed by atoms with Gasteiger partial charge in [-0.05, 0) is 31.9 Å². The van der Waals surface area contributed by atoms with Crippen LogP contribution >= 0.6 is 0 Å². The van der Waals surface area contributed by atoms with Crippen LogP contribution in [0, 0.1) is 41.0 Å². The zero-order chi connectivity index (χ0) is 18.0. The molecule has 8 heteroatoms. The summed E-state index contributed by atoms with van der Waals surface area (Å²) >= 11 is 0. The smallest absolute Gasteiger partial charge is 0.277 e. The second-order valence-electron chi connectivity index (χ2n) is 5.48. The average molecular weight is 329 g/mol. The number of carbonyl (C=O) groups excluding carboxylic acids is 1. The fourth-order valence-electron chi connectivity index (χ4n) is 2.50. The van der Waals surface area contributed by atoms with Crippen molar-refractivity contribution in [3.8, 4) is 0 Å². The van der Waals surface area contributed by atoms with Crippen molar-refractivity contribution in [2.24, 2.45) is 0 Å². The number of nitro groups is 2. The summed E-state index contributed by atoms with van der Waals surface area (Å²) in [6.45, 7) is 5.58. The second kappa shape index (κ2) is 6.45. The van der Waals surface area contributed by atoms with E-state index in [0.29, 0.717) is 5.69 Å². The molecule has 0 radical (unpaired) electrons. The predicted molar refractivity (Wildman–Crippen MR) is 88.4 cm³/mol. The Bertz CT molecular complexity index is 806. The Morgan fingerprint density at radius 2 is 1.33 bits per heavy atom. The molecular formula is C16H15N3O5. The molecular weight excluding hydrogens is 314 g/mol. The number of carbonyl (C=O) groups is 1. The molecule has 0 fully saturated rings. The van der Waals surface area contributed by atoms with Gasteiger partial charge < -0.3 is 5.32 Å². The molecule has 124 valence electrons. The highest BCUT2D eigenvalue weighted by molar-refractivity contribution is 6.05.